The van der Waals surface area contributed by atoms with E-state index in [4.69, 9.17) is 4.42 Å². The Morgan fingerprint density at radius 1 is 0.848 bits per heavy atom. The topological polar surface area (TPSA) is 103 Å². The molecule has 232 valence electrons. The summed E-state index contributed by atoms with van der Waals surface area (Å²) in [5, 5.41) is 26.1. The number of carboxylic acid groups (broad SMARTS) is 1. The van der Waals surface area contributed by atoms with Gasteiger partial charge >= 0.3 is 0 Å². The van der Waals surface area contributed by atoms with Crippen molar-refractivity contribution in [3.63, 3.8) is 0 Å². The zero-order valence-corrected chi connectivity index (χ0v) is 26.0. The van der Waals surface area contributed by atoms with Crippen LogP contribution >= 0.6 is 0 Å². The molecule has 2 saturated heterocycles. The molecule has 8 nitrogen and oxygen atoms in total. The van der Waals surface area contributed by atoms with Gasteiger partial charge in [0.2, 0.25) is 5.36 Å². The van der Waals surface area contributed by atoms with Gasteiger partial charge in [0.1, 0.15) is 24.4 Å². The number of aryl methyl sites for hydroxylation is 2. The van der Waals surface area contributed by atoms with Crippen LogP contribution in [0.5, 0.6) is 0 Å². The molecule has 3 heterocycles. The third-order valence-corrected chi connectivity index (χ3v) is 9.33. The molecule has 3 aliphatic heterocycles. The molecule has 4 aliphatic rings. The minimum absolute atomic E-state index is 0.0826. The minimum atomic E-state index is -1.27. The fraction of sp³-hybridized carbons (Fsp3) is 0.263. The number of fused-ring (bicyclic) bond motifs is 2. The summed E-state index contributed by atoms with van der Waals surface area (Å²) >= 11 is 0. The van der Waals surface area contributed by atoms with Crippen molar-refractivity contribution in [1.82, 2.24) is 4.58 Å². The summed E-state index contributed by atoms with van der Waals surface area (Å²) in [7, 11) is 0. The summed E-state index contributed by atoms with van der Waals surface area (Å²) in [6.45, 7) is 7.46. The summed E-state index contributed by atoms with van der Waals surface area (Å²) in [4.78, 5) is 26.1. The molecule has 0 bridgehead atoms. The molecule has 3 aromatic rings. The van der Waals surface area contributed by atoms with Crippen LogP contribution in [0.3, 0.4) is 0 Å². The Bertz CT molecular complexity index is 2070. The summed E-state index contributed by atoms with van der Waals surface area (Å²) in [6, 6.07) is 21.3. The van der Waals surface area contributed by atoms with Crippen LogP contribution < -0.4 is 19.9 Å². The van der Waals surface area contributed by atoms with Crippen molar-refractivity contribution in [2.24, 2.45) is 0 Å². The lowest BCUT2D eigenvalue weighted by atomic mass is 9.89. The highest BCUT2D eigenvalue weighted by Crippen LogP contribution is 2.42. The standard InChI is InChI=1S/C38H35N3O5/c1-24-19-27(20-25(2)37(24)41(44)45)8-7-26-9-12-30(33(21-26)38(42)43)36-31-13-10-28(39-15-3-4-16-39)22-34(31)46-35-23-29(11-14-32(35)36)40-17-5-6-18-40/h7-14,19-23H,3-6,15-18H2,1-2H3/b8-7-. The first-order valence-electron chi connectivity index (χ1n) is 15.9. The number of nitro benzene ring substituents is 1. The van der Waals surface area contributed by atoms with E-state index in [1.54, 1.807) is 32.0 Å². The van der Waals surface area contributed by atoms with Crippen LogP contribution in [0, 0.1) is 24.0 Å². The Kier molecular flexibility index (Phi) is 7.64. The van der Waals surface area contributed by atoms with Crippen LogP contribution in [0.4, 0.5) is 11.4 Å². The maximum Gasteiger partial charge on any atom is 0.275 e. The molecule has 0 N–H and O–H groups in total. The van der Waals surface area contributed by atoms with Crippen LogP contribution in [0.1, 0.15) is 58.3 Å². The fourth-order valence-electron chi connectivity index (χ4n) is 7.12. The van der Waals surface area contributed by atoms with E-state index in [1.807, 2.05) is 36.4 Å². The number of carbonyl (C=O) groups is 1. The molecule has 8 heteroatoms. The first-order valence-corrected chi connectivity index (χ1v) is 15.9. The number of hydrogen-bond acceptors (Lipinski definition) is 6. The van der Waals surface area contributed by atoms with E-state index in [2.05, 4.69) is 33.7 Å². The van der Waals surface area contributed by atoms with Gasteiger partial charge in [0.25, 0.3) is 5.69 Å². The van der Waals surface area contributed by atoms with Crippen LogP contribution in [-0.4, -0.2) is 37.1 Å². The average molecular weight is 614 g/mol. The van der Waals surface area contributed by atoms with Gasteiger partial charge in [-0.3, -0.25) is 10.1 Å². The van der Waals surface area contributed by atoms with E-state index in [0.717, 1.165) is 85.0 Å². The molecule has 0 atom stereocenters. The summed E-state index contributed by atoms with van der Waals surface area (Å²) in [5.74, 6) is -0.556. The molecule has 0 aromatic heterocycles. The van der Waals surface area contributed by atoms with Gasteiger partial charge in [-0.1, -0.05) is 24.3 Å². The molecule has 3 aromatic carbocycles. The average Bonchev–Trinajstić information content (AvgIpc) is 3.77. The molecule has 2 fully saturated rings. The molecular formula is C38H35N3O5. The maximum atomic E-state index is 12.7. The van der Waals surface area contributed by atoms with E-state index in [0.29, 0.717) is 33.6 Å². The van der Waals surface area contributed by atoms with E-state index >= 15 is 0 Å². The fourth-order valence-corrected chi connectivity index (χ4v) is 7.12. The van der Waals surface area contributed by atoms with Crippen molar-refractivity contribution in [2.75, 3.05) is 31.1 Å². The van der Waals surface area contributed by atoms with Crippen LogP contribution in [0.2, 0.25) is 0 Å². The minimum Gasteiger partial charge on any atom is -0.545 e. The largest absolute Gasteiger partial charge is 0.545 e. The highest BCUT2D eigenvalue weighted by molar-refractivity contribution is 6.07. The smallest absolute Gasteiger partial charge is 0.275 e. The Labute approximate surface area is 267 Å². The Balaban J connectivity index is 1.38. The van der Waals surface area contributed by atoms with Gasteiger partial charge in [-0.2, -0.15) is 0 Å². The number of nitrogens with zero attached hydrogens (tertiary/aromatic N) is 3. The SMILES string of the molecule is Cc1cc(/C=C\c2ccc(-c3c4ccc(=[N+]5CCCC5)cc-4oc4cc(N5CCCC5)ccc34)c(C(=O)[O-])c2)cc(C)c1[N+](=O)[O-]. The molecular weight excluding hydrogens is 578 g/mol. The predicted molar refractivity (Wildman–Crippen MR) is 180 cm³/mol. The molecule has 46 heavy (non-hydrogen) atoms. The quantitative estimate of drug-likeness (QED) is 0.0719. The number of nitro groups is 1. The maximum absolute atomic E-state index is 12.7. The van der Waals surface area contributed by atoms with Gasteiger partial charge in [0, 0.05) is 77.0 Å². The van der Waals surface area contributed by atoms with Gasteiger partial charge in [0.05, 0.1) is 17.0 Å². The van der Waals surface area contributed by atoms with Crippen LogP contribution in [0.25, 0.3) is 45.6 Å². The third-order valence-electron chi connectivity index (χ3n) is 9.33. The van der Waals surface area contributed by atoms with Gasteiger partial charge in [-0.05, 0) is 79.8 Å². The summed E-state index contributed by atoms with van der Waals surface area (Å²) < 4.78 is 8.96. The molecule has 0 spiro atoms. The van der Waals surface area contributed by atoms with Gasteiger partial charge < -0.3 is 19.2 Å². The first-order chi connectivity index (χ1) is 22.3. The van der Waals surface area contributed by atoms with E-state index < -0.39 is 5.97 Å². The second kappa shape index (κ2) is 11.9. The molecule has 0 radical (unpaired) electrons. The monoisotopic (exact) mass is 613 g/mol. The lowest BCUT2D eigenvalue weighted by Gasteiger charge is -2.21. The normalized spacial score (nSPS) is 15.1. The lowest BCUT2D eigenvalue weighted by Crippen LogP contribution is -2.26. The Morgan fingerprint density at radius 3 is 2.24 bits per heavy atom. The first kappa shape index (κ1) is 29.5. The third kappa shape index (κ3) is 5.44. The number of rotatable bonds is 6. The summed E-state index contributed by atoms with van der Waals surface area (Å²) in [6.07, 6.45) is 8.31. The number of carbonyl (C=O) groups excluding carboxylic acids is 1. The van der Waals surface area contributed by atoms with Crippen LogP contribution in [0.15, 0.2) is 71.1 Å². The van der Waals surface area contributed by atoms with Crippen molar-refractivity contribution < 1.29 is 19.2 Å². The molecule has 0 amide bonds. The van der Waals surface area contributed by atoms with Crippen molar-refractivity contribution in [3.05, 3.63) is 110 Å². The molecule has 1 aliphatic carbocycles. The van der Waals surface area contributed by atoms with Crippen molar-refractivity contribution in [1.29, 1.82) is 0 Å². The van der Waals surface area contributed by atoms with Crippen molar-refractivity contribution in [2.45, 2.75) is 39.5 Å². The molecule has 0 saturated carbocycles. The number of benzene rings is 4. The predicted octanol–water partition coefficient (Wildman–Crippen LogP) is 6.43. The number of carboxylic acids is 1. The van der Waals surface area contributed by atoms with E-state index in [-0.39, 0.29) is 16.2 Å². The van der Waals surface area contributed by atoms with Crippen LogP contribution in [-0.2, 0) is 0 Å². The Hall–Kier alpha value is -5.24. The van der Waals surface area contributed by atoms with Gasteiger partial charge in [0.15, 0.2) is 0 Å². The van der Waals surface area contributed by atoms with E-state index in [1.165, 1.54) is 0 Å². The lowest BCUT2D eigenvalue weighted by molar-refractivity contribution is -0.386. The highest BCUT2D eigenvalue weighted by atomic mass is 16.6. The number of hydrogen-bond donors (Lipinski definition) is 0. The zero-order valence-electron chi connectivity index (χ0n) is 26.0. The number of anilines is 1. The second-order valence-corrected chi connectivity index (χ2v) is 12.4. The zero-order chi connectivity index (χ0) is 31.9. The molecule has 7 rings (SSSR count). The second-order valence-electron chi connectivity index (χ2n) is 12.4. The highest BCUT2D eigenvalue weighted by Gasteiger charge is 2.23. The van der Waals surface area contributed by atoms with Crippen molar-refractivity contribution >= 4 is 40.5 Å². The number of aromatic carboxylic acids is 1. The van der Waals surface area contributed by atoms with Crippen molar-refractivity contribution in [3.8, 4) is 22.5 Å². The Morgan fingerprint density at radius 2 is 1.54 bits per heavy atom. The molecule has 0 unspecified atom stereocenters. The van der Waals surface area contributed by atoms with Gasteiger partial charge in [-0.15, -0.1) is 0 Å². The summed E-state index contributed by atoms with van der Waals surface area (Å²) in [5.41, 5.74) is 6.83. The van der Waals surface area contributed by atoms with Gasteiger partial charge in [-0.25, -0.2) is 4.58 Å². The van der Waals surface area contributed by atoms with E-state index in [9.17, 15) is 20.0 Å².